The van der Waals surface area contributed by atoms with Gasteiger partial charge in [0.05, 0.1) is 27.9 Å². The van der Waals surface area contributed by atoms with E-state index in [2.05, 4.69) is 5.32 Å². The highest BCUT2D eigenvalue weighted by Crippen LogP contribution is 2.39. The van der Waals surface area contributed by atoms with Gasteiger partial charge >= 0.3 is 5.97 Å². The number of carbonyl (C=O) groups is 2. The zero-order valence-electron chi connectivity index (χ0n) is 14.2. The van der Waals surface area contributed by atoms with Gasteiger partial charge in [-0.1, -0.05) is 6.07 Å². The van der Waals surface area contributed by atoms with Gasteiger partial charge in [0.15, 0.2) is 18.1 Å². The maximum absolute atomic E-state index is 12.3. The van der Waals surface area contributed by atoms with E-state index < -0.39 is 5.97 Å². The van der Waals surface area contributed by atoms with E-state index in [1.807, 2.05) is 17.5 Å². The van der Waals surface area contributed by atoms with E-state index in [0.29, 0.717) is 12.3 Å². The fourth-order valence-corrected chi connectivity index (χ4v) is 2.77. The second-order valence-corrected chi connectivity index (χ2v) is 5.85. The van der Waals surface area contributed by atoms with Crippen molar-refractivity contribution in [1.82, 2.24) is 5.32 Å². The molecule has 25 heavy (non-hydrogen) atoms. The summed E-state index contributed by atoms with van der Waals surface area (Å²) < 4.78 is 20.7. The Hall–Kier alpha value is -2.74. The molecule has 8 heteroatoms. The van der Waals surface area contributed by atoms with Gasteiger partial charge < -0.3 is 24.3 Å². The molecule has 134 valence electrons. The lowest BCUT2D eigenvalue weighted by Crippen LogP contribution is -2.28. The lowest BCUT2D eigenvalue weighted by Gasteiger charge is -2.15. The van der Waals surface area contributed by atoms with Crippen LogP contribution in [0.5, 0.6) is 17.2 Å². The van der Waals surface area contributed by atoms with Crippen LogP contribution in [-0.4, -0.2) is 39.8 Å². The Labute approximate surface area is 149 Å². The van der Waals surface area contributed by atoms with Gasteiger partial charge in [-0.3, -0.25) is 4.79 Å². The number of rotatable bonds is 8. The zero-order valence-corrected chi connectivity index (χ0v) is 15.0. The lowest BCUT2D eigenvalue weighted by atomic mass is 10.1. The van der Waals surface area contributed by atoms with E-state index in [1.165, 1.54) is 38.7 Å². The summed E-state index contributed by atoms with van der Waals surface area (Å²) in [7, 11) is 4.32. The smallest absolute Gasteiger partial charge is 0.342 e. The lowest BCUT2D eigenvalue weighted by molar-refractivity contribution is -0.124. The predicted octanol–water partition coefficient (Wildman–Crippen LogP) is 2.25. The Morgan fingerprint density at radius 2 is 1.80 bits per heavy atom. The van der Waals surface area contributed by atoms with Gasteiger partial charge in [0.2, 0.25) is 5.75 Å². The highest BCUT2D eigenvalue weighted by Gasteiger charge is 2.22. The molecule has 0 spiro atoms. The molecule has 0 bridgehead atoms. The van der Waals surface area contributed by atoms with E-state index in [-0.39, 0.29) is 29.6 Å². The highest BCUT2D eigenvalue weighted by molar-refractivity contribution is 7.09. The number of ether oxygens (including phenoxy) is 4. The molecule has 1 heterocycles. The number of carbonyl (C=O) groups excluding carboxylic acids is 2. The molecule has 0 fully saturated rings. The van der Waals surface area contributed by atoms with Crippen molar-refractivity contribution >= 4 is 23.2 Å². The first-order valence-electron chi connectivity index (χ1n) is 7.35. The average Bonchev–Trinajstić information content (AvgIpc) is 3.16. The van der Waals surface area contributed by atoms with Crippen LogP contribution < -0.4 is 19.5 Å². The van der Waals surface area contributed by atoms with E-state index in [1.54, 1.807) is 6.07 Å². The predicted molar refractivity (Wildman–Crippen MR) is 92.5 cm³/mol. The minimum absolute atomic E-state index is 0.145. The van der Waals surface area contributed by atoms with Gasteiger partial charge in [-0.05, 0) is 23.6 Å². The summed E-state index contributed by atoms with van der Waals surface area (Å²) in [5.74, 6) is -0.192. The number of amides is 1. The summed E-state index contributed by atoms with van der Waals surface area (Å²) in [6, 6.07) is 6.86. The SMILES string of the molecule is COc1ccc(C(=O)OCC(=O)NCc2cccs2)c(OC)c1OC. The summed E-state index contributed by atoms with van der Waals surface area (Å²) in [6.45, 7) is 0.00936. The fraction of sp³-hybridized carbons (Fsp3) is 0.294. The maximum atomic E-state index is 12.3. The van der Waals surface area contributed by atoms with Crippen LogP contribution in [-0.2, 0) is 16.1 Å². The molecule has 0 radical (unpaired) electrons. The normalized spacial score (nSPS) is 10.0. The number of methoxy groups -OCH3 is 3. The topological polar surface area (TPSA) is 83.1 Å². The standard InChI is InChI=1S/C17H19NO6S/c1-21-13-7-6-12(15(22-2)16(13)23-3)17(20)24-10-14(19)18-9-11-5-4-8-25-11/h4-8H,9-10H2,1-3H3,(H,18,19). The van der Waals surface area contributed by atoms with E-state index in [0.717, 1.165) is 4.88 Å². The van der Waals surface area contributed by atoms with Crippen LogP contribution in [0, 0.1) is 0 Å². The number of benzene rings is 1. The number of esters is 1. The van der Waals surface area contributed by atoms with Crippen LogP contribution in [0.3, 0.4) is 0 Å². The quantitative estimate of drug-likeness (QED) is 0.723. The van der Waals surface area contributed by atoms with Crippen LogP contribution in [0.1, 0.15) is 15.2 Å². The van der Waals surface area contributed by atoms with Crippen LogP contribution in [0.15, 0.2) is 29.6 Å². The van der Waals surface area contributed by atoms with Gasteiger partial charge in [-0.25, -0.2) is 4.79 Å². The van der Waals surface area contributed by atoms with Gasteiger partial charge in [0, 0.05) is 4.88 Å². The second-order valence-electron chi connectivity index (χ2n) is 4.81. The molecule has 1 amide bonds. The van der Waals surface area contributed by atoms with Crippen molar-refractivity contribution in [3.05, 3.63) is 40.1 Å². The van der Waals surface area contributed by atoms with E-state index >= 15 is 0 Å². The third-order valence-electron chi connectivity index (χ3n) is 3.30. The second kappa shape index (κ2) is 8.93. The molecule has 0 saturated carbocycles. The molecular formula is C17H19NO6S. The van der Waals surface area contributed by atoms with Crippen molar-refractivity contribution in [3.63, 3.8) is 0 Å². The van der Waals surface area contributed by atoms with Gasteiger partial charge in [-0.2, -0.15) is 0 Å². The minimum Gasteiger partial charge on any atom is -0.493 e. The number of nitrogens with one attached hydrogen (secondary N) is 1. The molecule has 1 N–H and O–H groups in total. The first kappa shape index (κ1) is 18.6. The molecule has 2 aromatic rings. The maximum Gasteiger partial charge on any atom is 0.342 e. The van der Waals surface area contributed by atoms with Crippen molar-refractivity contribution < 1.29 is 28.5 Å². The molecule has 0 atom stereocenters. The van der Waals surface area contributed by atoms with Gasteiger partial charge in [-0.15, -0.1) is 11.3 Å². The Morgan fingerprint density at radius 3 is 2.40 bits per heavy atom. The molecule has 0 saturated heterocycles. The molecule has 7 nitrogen and oxygen atoms in total. The Kier molecular flexibility index (Phi) is 6.64. The molecular weight excluding hydrogens is 346 g/mol. The summed E-state index contributed by atoms with van der Waals surface area (Å²) in [4.78, 5) is 25.1. The minimum atomic E-state index is -0.691. The number of hydrogen-bond donors (Lipinski definition) is 1. The molecule has 1 aromatic carbocycles. The molecule has 1 aromatic heterocycles. The molecule has 0 unspecified atom stereocenters. The van der Waals surface area contributed by atoms with E-state index in [9.17, 15) is 9.59 Å². The van der Waals surface area contributed by atoms with Crippen molar-refractivity contribution in [2.24, 2.45) is 0 Å². The highest BCUT2D eigenvalue weighted by atomic mass is 32.1. The third-order valence-corrected chi connectivity index (χ3v) is 4.17. The first-order valence-corrected chi connectivity index (χ1v) is 8.23. The molecule has 2 rings (SSSR count). The van der Waals surface area contributed by atoms with Crippen LogP contribution >= 0.6 is 11.3 Å². The summed E-state index contributed by atoms with van der Waals surface area (Å²) in [6.07, 6.45) is 0. The van der Waals surface area contributed by atoms with Crippen molar-refractivity contribution in [1.29, 1.82) is 0 Å². The first-order chi connectivity index (χ1) is 12.1. The van der Waals surface area contributed by atoms with Gasteiger partial charge in [0.25, 0.3) is 5.91 Å². The fourth-order valence-electron chi connectivity index (χ4n) is 2.12. The van der Waals surface area contributed by atoms with Gasteiger partial charge in [0.1, 0.15) is 5.56 Å². The Morgan fingerprint density at radius 1 is 1.04 bits per heavy atom. The van der Waals surface area contributed by atoms with Crippen molar-refractivity contribution in [3.8, 4) is 17.2 Å². The van der Waals surface area contributed by atoms with Crippen LogP contribution in [0.25, 0.3) is 0 Å². The average molecular weight is 365 g/mol. The Bertz CT molecular complexity index is 729. The van der Waals surface area contributed by atoms with Crippen LogP contribution in [0.4, 0.5) is 0 Å². The summed E-state index contributed by atoms with van der Waals surface area (Å²) in [5, 5.41) is 4.60. The van der Waals surface area contributed by atoms with E-state index in [4.69, 9.17) is 18.9 Å². The molecule has 0 aliphatic carbocycles. The van der Waals surface area contributed by atoms with Crippen molar-refractivity contribution in [2.45, 2.75) is 6.54 Å². The largest absolute Gasteiger partial charge is 0.493 e. The zero-order chi connectivity index (χ0) is 18.2. The number of thiophene rings is 1. The third kappa shape index (κ3) is 4.63. The summed E-state index contributed by atoms with van der Waals surface area (Å²) >= 11 is 1.53. The monoisotopic (exact) mass is 365 g/mol. The molecule has 0 aliphatic rings. The van der Waals surface area contributed by atoms with Crippen LogP contribution in [0.2, 0.25) is 0 Å². The Balaban J connectivity index is 1.99. The van der Waals surface area contributed by atoms with Crippen molar-refractivity contribution in [2.75, 3.05) is 27.9 Å². The number of hydrogen-bond acceptors (Lipinski definition) is 7. The molecule has 0 aliphatic heterocycles. The summed E-state index contributed by atoms with van der Waals surface area (Å²) in [5.41, 5.74) is 0.145.